The molecule has 1 fully saturated rings. The van der Waals surface area contributed by atoms with Crippen LogP contribution in [0.2, 0.25) is 5.02 Å². The molecule has 7 heteroatoms. The molecule has 3 rings (SSSR count). The van der Waals surface area contributed by atoms with Crippen LogP contribution in [0.3, 0.4) is 0 Å². The first-order valence-corrected chi connectivity index (χ1v) is 8.55. The van der Waals surface area contributed by atoms with Crippen LogP contribution in [-0.2, 0) is 0 Å². The van der Waals surface area contributed by atoms with E-state index in [0.717, 1.165) is 18.4 Å². The number of ether oxygens (including phenoxy) is 1. The Morgan fingerprint density at radius 2 is 2.29 bits per heavy atom. The van der Waals surface area contributed by atoms with Gasteiger partial charge in [0.1, 0.15) is 0 Å². The van der Waals surface area contributed by atoms with Gasteiger partial charge >= 0.3 is 0 Å². The number of hydrogen-bond acceptors (Lipinski definition) is 4. The molecule has 0 N–H and O–H groups in total. The van der Waals surface area contributed by atoms with E-state index in [-0.39, 0.29) is 17.6 Å². The summed E-state index contributed by atoms with van der Waals surface area (Å²) in [6, 6.07) is 3.52. The summed E-state index contributed by atoms with van der Waals surface area (Å²) in [5, 5.41) is 4.73. The monoisotopic (exact) mass is 348 g/mol. The van der Waals surface area contributed by atoms with Crippen LogP contribution >= 0.6 is 11.6 Å². The topological polar surface area (TPSA) is 60.2 Å². The summed E-state index contributed by atoms with van der Waals surface area (Å²) in [7, 11) is 0. The van der Waals surface area contributed by atoms with E-state index in [4.69, 9.17) is 16.3 Å². The summed E-state index contributed by atoms with van der Waals surface area (Å²) < 4.78 is 7.32. The van der Waals surface area contributed by atoms with Crippen LogP contribution in [0.5, 0.6) is 5.88 Å². The first kappa shape index (κ1) is 16.8. The van der Waals surface area contributed by atoms with Crippen LogP contribution in [0.15, 0.2) is 24.5 Å². The van der Waals surface area contributed by atoms with Crippen molar-refractivity contribution in [3.8, 4) is 5.88 Å². The Labute approximate surface area is 146 Å². The zero-order chi connectivity index (χ0) is 17.1. The van der Waals surface area contributed by atoms with E-state index < -0.39 is 0 Å². The van der Waals surface area contributed by atoms with E-state index in [0.29, 0.717) is 30.6 Å². The number of halogens is 1. The number of amides is 1. The number of likely N-dealkylation sites (tertiary alicyclic amines) is 1. The van der Waals surface area contributed by atoms with E-state index in [1.807, 2.05) is 30.9 Å². The Morgan fingerprint density at radius 3 is 3.00 bits per heavy atom. The number of carbonyl (C=O) groups is 1. The predicted molar refractivity (Wildman–Crippen MR) is 91.6 cm³/mol. The van der Waals surface area contributed by atoms with Crippen molar-refractivity contribution in [2.75, 3.05) is 19.7 Å². The predicted octanol–water partition coefficient (Wildman–Crippen LogP) is 3.12. The fourth-order valence-electron chi connectivity index (χ4n) is 2.94. The molecule has 1 atom stereocenters. The van der Waals surface area contributed by atoms with Crippen molar-refractivity contribution in [3.05, 3.63) is 40.8 Å². The third-order valence-electron chi connectivity index (χ3n) is 4.10. The molecule has 1 saturated heterocycles. The summed E-state index contributed by atoms with van der Waals surface area (Å²) in [6.07, 6.45) is 5.79. The van der Waals surface area contributed by atoms with Gasteiger partial charge in [-0.1, -0.05) is 11.6 Å². The Bertz CT molecular complexity index is 731. The van der Waals surface area contributed by atoms with Gasteiger partial charge in [0.15, 0.2) is 5.69 Å². The highest BCUT2D eigenvalue weighted by molar-refractivity contribution is 6.33. The van der Waals surface area contributed by atoms with E-state index >= 15 is 0 Å². The van der Waals surface area contributed by atoms with Crippen molar-refractivity contribution in [2.24, 2.45) is 0 Å². The van der Waals surface area contributed by atoms with Crippen LogP contribution < -0.4 is 4.74 Å². The lowest BCUT2D eigenvalue weighted by Crippen LogP contribution is -2.41. The maximum Gasteiger partial charge on any atom is 0.274 e. The first-order valence-electron chi connectivity index (χ1n) is 8.18. The second-order valence-electron chi connectivity index (χ2n) is 5.96. The van der Waals surface area contributed by atoms with Crippen LogP contribution in [0.4, 0.5) is 0 Å². The quantitative estimate of drug-likeness (QED) is 0.851. The van der Waals surface area contributed by atoms with Crippen molar-refractivity contribution in [1.29, 1.82) is 0 Å². The average Bonchev–Trinajstić information content (AvgIpc) is 3.03. The van der Waals surface area contributed by atoms with Gasteiger partial charge in [-0.25, -0.2) is 4.98 Å². The molecule has 0 saturated carbocycles. The number of carbonyl (C=O) groups excluding carboxylic acids is 1. The summed E-state index contributed by atoms with van der Waals surface area (Å²) in [6.45, 7) is 5.69. The molecule has 0 radical (unpaired) electrons. The smallest absolute Gasteiger partial charge is 0.274 e. The normalized spacial score (nSPS) is 17.8. The van der Waals surface area contributed by atoms with Crippen LogP contribution in [0, 0.1) is 6.92 Å². The first-order chi connectivity index (χ1) is 11.6. The number of aromatic nitrogens is 3. The summed E-state index contributed by atoms with van der Waals surface area (Å²) in [5.41, 5.74) is 1.37. The van der Waals surface area contributed by atoms with Gasteiger partial charge in [0.25, 0.3) is 5.91 Å². The molecule has 0 aliphatic carbocycles. The number of piperidine rings is 1. The molecular weight excluding hydrogens is 328 g/mol. The molecule has 2 aromatic rings. The van der Waals surface area contributed by atoms with Gasteiger partial charge in [-0.3, -0.25) is 9.48 Å². The highest BCUT2D eigenvalue weighted by Gasteiger charge is 2.28. The highest BCUT2D eigenvalue weighted by Crippen LogP contribution is 2.25. The molecule has 2 aromatic heterocycles. The van der Waals surface area contributed by atoms with E-state index in [9.17, 15) is 4.79 Å². The molecule has 128 valence electrons. The third-order valence-corrected chi connectivity index (χ3v) is 4.41. The van der Waals surface area contributed by atoms with Crippen molar-refractivity contribution in [3.63, 3.8) is 0 Å². The molecule has 24 heavy (non-hydrogen) atoms. The fraction of sp³-hybridized carbons (Fsp3) is 0.471. The van der Waals surface area contributed by atoms with Crippen LogP contribution in [0.25, 0.3) is 0 Å². The maximum atomic E-state index is 12.9. The van der Waals surface area contributed by atoms with Gasteiger partial charge in [-0.15, -0.1) is 0 Å². The zero-order valence-electron chi connectivity index (χ0n) is 13.9. The minimum absolute atomic E-state index is 0.157. The van der Waals surface area contributed by atoms with Crippen molar-refractivity contribution < 1.29 is 9.53 Å². The number of rotatable bonds is 4. The van der Waals surface area contributed by atoms with Crippen molar-refractivity contribution >= 4 is 17.5 Å². The Balaban J connectivity index is 1.78. The largest absolute Gasteiger partial charge is 0.478 e. The number of hydrogen-bond donors (Lipinski definition) is 0. The molecule has 0 bridgehead atoms. The Kier molecular flexibility index (Phi) is 5.04. The van der Waals surface area contributed by atoms with Crippen LogP contribution in [-0.4, -0.2) is 45.3 Å². The lowest BCUT2D eigenvalue weighted by molar-refractivity contribution is 0.0666. The van der Waals surface area contributed by atoms with Crippen LogP contribution in [0.1, 0.15) is 41.9 Å². The van der Waals surface area contributed by atoms with Gasteiger partial charge in [-0.05, 0) is 38.3 Å². The molecule has 1 aliphatic heterocycles. The number of nitrogens with zero attached hydrogens (tertiary/aromatic N) is 4. The Hall–Kier alpha value is -2.08. The van der Waals surface area contributed by atoms with E-state index in [2.05, 4.69) is 10.1 Å². The minimum atomic E-state index is -0.157. The van der Waals surface area contributed by atoms with Gasteiger partial charge < -0.3 is 9.64 Å². The number of aryl methyl sites for hydroxylation is 1. The minimum Gasteiger partial charge on any atom is -0.478 e. The molecule has 0 unspecified atom stereocenters. The third kappa shape index (κ3) is 3.53. The lowest BCUT2D eigenvalue weighted by atomic mass is 10.1. The Morgan fingerprint density at radius 1 is 1.46 bits per heavy atom. The number of pyridine rings is 1. The molecule has 1 amide bonds. The lowest BCUT2D eigenvalue weighted by Gasteiger charge is -2.32. The highest BCUT2D eigenvalue weighted by atomic mass is 35.5. The second-order valence-corrected chi connectivity index (χ2v) is 6.37. The average molecular weight is 349 g/mol. The zero-order valence-corrected chi connectivity index (χ0v) is 14.7. The molecule has 1 aliphatic rings. The SMILES string of the molecule is CCOc1ccc(Cl)c(C(=O)N2CCC[C@@H](n3cc(C)cn3)C2)n1. The molecule has 3 heterocycles. The maximum absolute atomic E-state index is 12.9. The summed E-state index contributed by atoms with van der Waals surface area (Å²) in [5.74, 6) is 0.261. The fourth-order valence-corrected chi connectivity index (χ4v) is 3.13. The molecule has 0 aromatic carbocycles. The van der Waals surface area contributed by atoms with Crippen molar-refractivity contribution in [1.82, 2.24) is 19.7 Å². The standard InChI is InChI=1S/C17H21ClN4O2/c1-3-24-15-7-6-14(18)16(20-15)17(23)21-8-4-5-13(11-21)22-10-12(2)9-19-22/h6-7,9-10,13H,3-5,8,11H2,1-2H3/t13-/m1/s1. The molecule has 6 nitrogen and oxygen atoms in total. The van der Waals surface area contributed by atoms with Gasteiger partial charge in [-0.2, -0.15) is 5.10 Å². The molecular formula is C17H21ClN4O2. The second kappa shape index (κ2) is 7.21. The molecule has 0 spiro atoms. The summed E-state index contributed by atoms with van der Waals surface area (Å²) >= 11 is 6.18. The van der Waals surface area contributed by atoms with E-state index in [1.54, 1.807) is 17.0 Å². The van der Waals surface area contributed by atoms with Gasteiger partial charge in [0.05, 0.1) is 23.9 Å². The summed E-state index contributed by atoms with van der Waals surface area (Å²) in [4.78, 5) is 18.9. The van der Waals surface area contributed by atoms with Gasteiger partial charge in [0, 0.05) is 25.4 Å². The van der Waals surface area contributed by atoms with Crippen molar-refractivity contribution in [2.45, 2.75) is 32.7 Å². The van der Waals surface area contributed by atoms with E-state index in [1.165, 1.54) is 0 Å². The van der Waals surface area contributed by atoms with Gasteiger partial charge in [0.2, 0.25) is 5.88 Å².